The van der Waals surface area contributed by atoms with Crippen LogP contribution in [0.25, 0.3) is 0 Å². The molecule has 0 radical (unpaired) electrons. The van der Waals surface area contributed by atoms with Crippen molar-refractivity contribution in [3.63, 3.8) is 0 Å². The van der Waals surface area contributed by atoms with E-state index in [2.05, 4.69) is 20.8 Å². The van der Waals surface area contributed by atoms with Crippen LogP contribution in [0.15, 0.2) is 64.8 Å². The largest absolute Gasteiger partial charge is 0.418 e. The fourth-order valence-electron chi connectivity index (χ4n) is 2.48. The van der Waals surface area contributed by atoms with Crippen LogP contribution in [0.1, 0.15) is 17.5 Å². The minimum absolute atomic E-state index is 0.218. The molecule has 2 aromatic rings. The highest BCUT2D eigenvalue weighted by atomic mass is 32.2. The van der Waals surface area contributed by atoms with Crippen LogP contribution in [0.2, 0.25) is 0 Å². The Morgan fingerprint density at radius 2 is 1.83 bits per heavy atom. The molecule has 6 nitrogen and oxygen atoms in total. The molecule has 150 valence electrons. The van der Waals surface area contributed by atoms with E-state index in [1.54, 1.807) is 0 Å². The number of thioether (sulfide) groups is 1. The Kier molecular flexibility index (Phi) is 6.32. The summed E-state index contributed by atoms with van der Waals surface area (Å²) in [5.41, 5.74) is -0.477. The standard InChI is InChI=1S/C19H15F3N4O2S/c20-19(21,22)13-8-4-5-9-14(13)24-16(27)10-15-17(28)25-18(29-15)26-23-11-12-6-2-1-3-7-12/h1-9,11,15H,10H2,(H,24,27)(H,25,26,28)/b23-11-/t15-/m0/s1. The number of rotatable bonds is 5. The third kappa shape index (κ3) is 5.67. The van der Waals surface area contributed by atoms with Crippen molar-refractivity contribution in [3.05, 3.63) is 65.7 Å². The lowest BCUT2D eigenvalue weighted by Gasteiger charge is -2.14. The first-order chi connectivity index (χ1) is 13.8. The van der Waals surface area contributed by atoms with Gasteiger partial charge >= 0.3 is 6.18 Å². The van der Waals surface area contributed by atoms with E-state index >= 15 is 0 Å². The molecule has 0 saturated carbocycles. The number of anilines is 1. The zero-order valence-corrected chi connectivity index (χ0v) is 15.6. The maximum atomic E-state index is 13.0. The first-order valence-corrected chi connectivity index (χ1v) is 9.30. The van der Waals surface area contributed by atoms with Gasteiger partial charge in [0.25, 0.3) is 0 Å². The third-order valence-electron chi connectivity index (χ3n) is 3.81. The number of para-hydroxylation sites is 1. The average Bonchev–Trinajstić information content (AvgIpc) is 3.01. The average molecular weight is 420 g/mol. The summed E-state index contributed by atoms with van der Waals surface area (Å²) >= 11 is 0.995. The molecule has 1 aliphatic rings. The van der Waals surface area contributed by atoms with E-state index in [0.29, 0.717) is 0 Å². The van der Waals surface area contributed by atoms with E-state index in [1.165, 1.54) is 18.3 Å². The van der Waals surface area contributed by atoms with Gasteiger partial charge in [0, 0.05) is 6.42 Å². The summed E-state index contributed by atoms with van der Waals surface area (Å²) in [4.78, 5) is 24.2. The molecule has 2 amide bonds. The van der Waals surface area contributed by atoms with Crippen LogP contribution in [-0.2, 0) is 15.8 Å². The minimum Gasteiger partial charge on any atom is -0.325 e. The summed E-state index contributed by atoms with van der Waals surface area (Å²) in [7, 11) is 0. The predicted molar refractivity (Wildman–Crippen MR) is 106 cm³/mol. The van der Waals surface area contributed by atoms with Gasteiger partial charge in [-0.3, -0.25) is 9.59 Å². The molecule has 1 aliphatic heterocycles. The zero-order valence-electron chi connectivity index (χ0n) is 14.8. The van der Waals surface area contributed by atoms with Gasteiger partial charge in [0.1, 0.15) is 5.25 Å². The molecule has 0 unspecified atom stereocenters. The van der Waals surface area contributed by atoms with Crippen molar-refractivity contribution in [3.8, 4) is 0 Å². The van der Waals surface area contributed by atoms with Gasteiger partial charge < -0.3 is 10.6 Å². The quantitative estimate of drug-likeness (QED) is 0.572. The summed E-state index contributed by atoms with van der Waals surface area (Å²) in [6.45, 7) is 0. The van der Waals surface area contributed by atoms with Gasteiger partial charge in [-0.15, -0.1) is 5.10 Å². The van der Waals surface area contributed by atoms with Gasteiger partial charge in [-0.25, -0.2) is 0 Å². The Labute approximate surface area is 168 Å². The topological polar surface area (TPSA) is 82.9 Å². The highest BCUT2D eigenvalue weighted by Gasteiger charge is 2.35. The molecule has 29 heavy (non-hydrogen) atoms. The van der Waals surface area contributed by atoms with Crippen LogP contribution in [0.4, 0.5) is 18.9 Å². The van der Waals surface area contributed by atoms with E-state index in [4.69, 9.17) is 0 Å². The third-order valence-corrected chi connectivity index (χ3v) is 4.88. The summed E-state index contributed by atoms with van der Waals surface area (Å²) in [6, 6.07) is 13.9. The SMILES string of the molecule is O=C(C[C@@H]1S/C(=N/N=C\c2ccccc2)NC1=O)Nc1ccccc1C(F)(F)F. The lowest BCUT2D eigenvalue weighted by molar-refractivity contribution is -0.137. The van der Waals surface area contributed by atoms with Crippen molar-refractivity contribution < 1.29 is 22.8 Å². The van der Waals surface area contributed by atoms with Gasteiger partial charge in [0.05, 0.1) is 17.5 Å². The summed E-state index contributed by atoms with van der Waals surface area (Å²) in [6.07, 6.45) is -3.39. The van der Waals surface area contributed by atoms with Gasteiger partial charge in [0.2, 0.25) is 11.8 Å². The second-order valence-electron chi connectivity index (χ2n) is 5.95. The fourth-order valence-corrected chi connectivity index (χ4v) is 3.41. The van der Waals surface area contributed by atoms with E-state index in [1.807, 2.05) is 30.3 Å². The van der Waals surface area contributed by atoms with Crippen LogP contribution in [-0.4, -0.2) is 28.4 Å². The smallest absolute Gasteiger partial charge is 0.325 e. The summed E-state index contributed by atoms with van der Waals surface area (Å²) in [5, 5.41) is 11.9. The number of carbonyl (C=O) groups is 2. The molecule has 0 aromatic heterocycles. The molecule has 0 bridgehead atoms. The predicted octanol–water partition coefficient (Wildman–Crippen LogP) is 3.66. The van der Waals surface area contributed by atoms with Gasteiger partial charge in [-0.1, -0.05) is 54.2 Å². The number of hydrogen-bond acceptors (Lipinski definition) is 5. The molecule has 10 heteroatoms. The zero-order chi connectivity index (χ0) is 20.9. The fraction of sp³-hybridized carbons (Fsp3) is 0.158. The Bertz CT molecular complexity index is 961. The molecular formula is C19H15F3N4O2S. The Morgan fingerprint density at radius 3 is 2.55 bits per heavy atom. The second kappa shape index (κ2) is 8.91. The number of carbonyl (C=O) groups excluding carboxylic acids is 2. The normalized spacial score (nSPS) is 18.2. The minimum atomic E-state index is -4.60. The van der Waals surface area contributed by atoms with Crippen molar-refractivity contribution >= 4 is 40.6 Å². The lowest BCUT2D eigenvalue weighted by atomic mass is 10.1. The Hall–Kier alpha value is -3.14. The lowest BCUT2D eigenvalue weighted by Crippen LogP contribution is -2.28. The van der Waals surface area contributed by atoms with Crippen molar-refractivity contribution in [1.29, 1.82) is 0 Å². The highest BCUT2D eigenvalue weighted by molar-refractivity contribution is 8.15. The molecule has 0 aliphatic carbocycles. The van der Waals surface area contributed by atoms with Crippen LogP contribution < -0.4 is 10.6 Å². The first kappa shape index (κ1) is 20.6. The number of alkyl halides is 3. The summed E-state index contributed by atoms with van der Waals surface area (Å²) in [5.74, 6) is -1.16. The van der Waals surface area contributed by atoms with E-state index in [0.717, 1.165) is 29.5 Å². The molecule has 2 N–H and O–H groups in total. The molecule has 1 fully saturated rings. The highest BCUT2D eigenvalue weighted by Crippen LogP contribution is 2.34. The Balaban J connectivity index is 1.60. The van der Waals surface area contributed by atoms with E-state index in [-0.39, 0.29) is 17.3 Å². The molecular weight excluding hydrogens is 405 g/mol. The van der Waals surface area contributed by atoms with Crippen molar-refractivity contribution in [2.24, 2.45) is 10.2 Å². The molecule has 0 spiro atoms. The van der Waals surface area contributed by atoms with E-state index in [9.17, 15) is 22.8 Å². The number of benzene rings is 2. The van der Waals surface area contributed by atoms with Crippen molar-refractivity contribution in [1.82, 2.24) is 5.32 Å². The maximum Gasteiger partial charge on any atom is 0.418 e. The van der Waals surface area contributed by atoms with Crippen LogP contribution in [0, 0.1) is 0 Å². The summed E-state index contributed by atoms with van der Waals surface area (Å²) < 4.78 is 39.0. The maximum absolute atomic E-state index is 13.0. The van der Waals surface area contributed by atoms with Crippen molar-refractivity contribution in [2.75, 3.05) is 5.32 Å². The molecule has 1 saturated heterocycles. The second-order valence-corrected chi connectivity index (χ2v) is 7.14. The van der Waals surface area contributed by atoms with Crippen LogP contribution in [0.5, 0.6) is 0 Å². The number of halogens is 3. The molecule has 2 aromatic carbocycles. The van der Waals surface area contributed by atoms with Crippen LogP contribution in [0.3, 0.4) is 0 Å². The van der Waals surface area contributed by atoms with Crippen LogP contribution >= 0.6 is 11.8 Å². The number of nitrogens with one attached hydrogen (secondary N) is 2. The van der Waals surface area contributed by atoms with Gasteiger partial charge in [-0.05, 0) is 17.7 Å². The van der Waals surface area contributed by atoms with Gasteiger partial charge in [-0.2, -0.15) is 18.3 Å². The number of amidine groups is 1. The van der Waals surface area contributed by atoms with E-state index < -0.39 is 28.8 Å². The molecule has 3 rings (SSSR count). The first-order valence-electron chi connectivity index (χ1n) is 8.42. The monoisotopic (exact) mass is 420 g/mol. The molecule has 1 heterocycles. The number of nitrogens with zero attached hydrogens (tertiary/aromatic N) is 2. The van der Waals surface area contributed by atoms with Gasteiger partial charge in [0.15, 0.2) is 5.17 Å². The number of hydrogen-bond donors (Lipinski definition) is 2. The Morgan fingerprint density at radius 1 is 1.14 bits per heavy atom. The van der Waals surface area contributed by atoms with Crippen molar-refractivity contribution in [2.45, 2.75) is 17.8 Å². The number of amides is 2. The molecule has 1 atom stereocenters.